The third-order valence-corrected chi connectivity index (χ3v) is 7.42. The first kappa shape index (κ1) is 26.5. The molecule has 39 heavy (non-hydrogen) atoms. The molecule has 0 radical (unpaired) electrons. The number of aryl methyl sites for hydroxylation is 2. The van der Waals surface area contributed by atoms with Crippen molar-refractivity contribution in [1.82, 2.24) is 14.9 Å². The van der Waals surface area contributed by atoms with Gasteiger partial charge < -0.3 is 14.6 Å². The van der Waals surface area contributed by atoms with E-state index in [1.165, 1.54) is 5.56 Å². The zero-order valence-electron chi connectivity index (χ0n) is 22.3. The van der Waals surface area contributed by atoms with Crippen molar-refractivity contribution >= 4 is 28.5 Å². The Balaban J connectivity index is 1.18. The van der Waals surface area contributed by atoms with Crippen LogP contribution in [-0.2, 0) is 24.2 Å². The molecule has 0 atom stereocenters. The topological polar surface area (TPSA) is 56.1 Å². The monoisotopic (exact) mass is 537 g/mol. The first-order chi connectivity index (χ1) is 19.0. The van der Waals surface area contributed by atoms with Crippen LogP contribution in [0.3, 0.4) is 0 Å². The zero-order valence-corrected chi connectivity index (χ0v) is 23.0. The molecule has 198 valence electrons. The second kappa shape index (κ2) is 12.2. The second-order valence-electron chi connectivity index (χ2n) is 9.73. The minimum atomic E-state index is 0.00179. The summed E-state index contributed by atoms with van der Waals surface area (Å²) in [5, 5.41) is 3.84. The van der Waals surface area contributed by atoms with E-state index in [0.717, 1.165) is 49.9 Å². The van der Waals surface area contributed by atoms with Crippen LogP contribution >= 0.6 is 11.6 Å². The van der Waals surface area contributed by atoms with Gasteiger partial charge >= 0.3 is 0 Å². The maximum Gasteiger partial charge on any atom is 0.224 e. The number of fused-ring (bicyclic) bond motifs is 1. The number of benzene rings is 4. The van der Waals surface area contributed by atoms with Crippen molar-refractivity contribution in [3.63, 3.8) is 0 Å². The number of amides is 1. The molecular formula is C33H32ClN3O2. The van der Waals surface area contributed by atoms with Crippen LogP contribution in [0.1, 0.15) is 22.5 Å². The Morgan fingerprint density at radius 3 is 2.31 bits per heavy atom. The van der Waals surface area contributed by atoms with Crippen LogP contribution in [0.15, 0.2) is 91.0 Å². The summed E-state index contributed by atoms with van der Waals surface area (Å²) in [5.74, 6) is 1.74. The van der Waals surface area contributed by atoms with Crippen molar-refractivity contribution in [2.75, 3.05) is 13.2 Å². The van der Waals surface area contributed by atoms with Crippen LogP contribution in [0.5, 0.6) is 5.75 Å². The smallest absolute Gasteiger partial charge is 0.224 e. The molecule has 0 aliphatic heterocycles. The third-order valence-electron chi connectivity index (χ3n) is 6.82. The van der Waals surface area contributed by atoms with Crippen LogP contribution in [0.25, 0.3) is 22.2 Å². The number of hydrogen-bond acceptors (Lipinski definition) is 3. The van der Waals surface area contributed by atoms with Crippen molar-refractivity contribution in [3.8, 4) is 16.9 Å². The van der Waals surface area contributed by atoms with Crippen LogP contribution in [0.2, 0.25) is 5.02 Å². The fraction of sp³-hybridized carbons (Fsp3) is 0.212. The normalized spacial score (nSPS) is 11.1. The minimum Gasteiger partial charge on any atom is -0.492 e. The highest BCUT2D eigenvalue weighted by atomic mass is 35.5. The van der Waals surface area contributed by atoms with Gasteiger partial charge in [0.25, 0.3) is 0 Å². The molecule has 6 heteroatoms. The lowest BCUT2D eigenvalue weighted by molar-refractivity contribution is -0.120. The third kappa shape index (κ3) is 6.50. The summed E-state index contributed by atoms with van der Waals surface area (Å²) < 4.78 is 8.25. The van der Waals surface area contributed by atoms with Gasteiger partial charge in [-0.3, -0.25) is 4.79 Å². The van der Waals surface area contributed by atoms with Crippen molar-refractivity contribution in [3.05, 3.63) is 119 Å². The van der Waals surface area contributed by atoms with E-state index in [0.29, 0.717) is 32.5 Å². The molecule has 0 spiro atoms. The van der Waals surface area contributed by atoms with Gasteiger partial charge in [-0.1, -0.05) is 78.3 Å². The summed E-state index contributed by atoms with van der Waals surface area (Å²) in [4.78, 5) is 17.5. The zero-order chi connectivity index (χ0) is 27.2. The molecule has 5 nitrogen and oxygen atoms in total. The Kier molecular flexibility index (Phi) is 8.28. The van der Waals surface area contributed by atoms with Gasteiger partial charge in [0.1, 0.15) is 18.2 Å². The number of carbonyl (C=O) groups excluding carboxylic acids is 1. The summed E-state index contributed by atoms with van der Waals surface area (Å²) in [6.07, 6.45) is 0.978. The molecule has 0 fully saturated rings. The first-order valence-electron chi connectivity index (χ1n) is 13.2. The molecular weight excluding hydrogens is 506 g/mol. The van der Waals surface area contributed by atoms with E-state index >= 15 is 0 Å². The number of carbonyl (C=O) groups is 1. The Morgan fingerprint density at radius 2 is 1.56 bits per heavy atom. The highest BCUT2D eigenvalue weighted by molar-refractivity contribution is 6.32. The predicted octanol–water partition coefficient (Wildman–Crippen LogP) is 6.95. The van der Waals surface area contributed by atoms with Crippen LogP contribution in [0.4, 0.5) is 0 Å². The molecule has 0 aliphatic rings. The number of para-hydroxylation sites is 2. The van der Waals surface area contributed by atoms with Gasteiger partial charge in [0.05, 0.1) is 24.0 Å². The molecule has 0 bridgehead atoms. The Labute approximate surface area is 234 Å². The van der Waals surface area contributed by atoms with Gasteiger partial charge in [0.2, 0.25) is 5.91 Å². The molecule has 1 amide bonds. The largest absolute Gasteiger partial charge is 0.492 e. The Hall–Kier alpha value is -4.09. The second-order valence-corrected chi connectivity index (χ2v) is 10.1. The summed E-state index contributed by atoms with van der Waals surface area (Å²) in [6.45, 7) is 5.63. The number of ether oxygens (including phenoxy) is 1. The molecule has 0 unspecified atom stereocenters. The summed E-state index contributed by atoms with van der Waals surface area (Å²) >= 11 is 6.30. The van der Waals surface area contributed by atoms with Crippen LogP contribution in [0, 0.1) is 13.8 Å². The van der Waals surface area contributed by atoms with E-state index in [-0.39, 0.29) is 5.91 Å². The summed E-state index contributed by atoms with van der Waals surface area (Å²) in [5.41, 5.74) is 7.31. The molecule has 5 rings (SSSR count). The van der Waals surface area contributed by atoms with Crippen LogP contribution < -0.4 is 10.1 Å². The number of nitrogens with one attached hydrogen (secondary N) is 1. The minimum absolute atomic E-state index is 0.00179. The van der Waals surface area contributed by atoms with Crippen molar-refractivity contribution < 1.29 is 9.53 Å². The molecule has 1 N–H and O–H groups in total. The maximum absolute atomic E-state index is 12.7. The standard InChI is InChI=1S/C33H32ClN3O2/c1-23-20-28(21-24(2)33(23)34)39-19-18-37-30-11-7-6-10-29(30)36-31(37)16-17-35-32(38)22-25-12-14-27(15-13-25)26-8-4-3-5-9-26/h3-15,20-21H,16-19,22H2,1-2H3,(H,35,38). The average molecular weight is 538 g/mol. The van der Waals surface area contributed by atoms with Gasteiger partial charge in [0.15, 0.2) is 0 Å². The fourth-order valence-corrected chi connectivity index (χ4v) is 4.93. The van der Waals surface area contributed by atoms with Crippen molar-refractivity contribution in [2.24, 2.45) is 0 Å². The molecule has 0 saturated heterocycles. The predicted molar refractivity (Wildman–Crippen MR) is 158 cm³/mol. The van der Waals surface area contributed by atoms with Gasteiger partial charge in [-0.05, 0) is 65.9 Å². The SMILES string of the molecule is Cc1cc(OCCn2c(CCNC(=O)Cc3ccc(-c4ccccc4)cc3)nc3ccccc32)cc(C)c1Cl. The van der Waals surface area contributed by atoms with E-state index < -0.39 is 0 Å². The molecule has 0 aliphatic carbocycles. The van der Waals surface area contributed by atoms with Gasteiger partial charge in [0, 0.05) is 18.0 Å². The lowest BCUT2D eigenvalue weighted by Gasteiger charge is -2.13. The van der Waals surface area contributed by atoms with E-state index in [4.69, 9.17) is 21.3 Å². The van der Waals surface area contributed by atoms with Gasteiger partial charge in [-0.25, -0.2) is 4.98 Å². The van der Waals surface area contributed by atoms with E-state index in [1.807, 2.05) is 74.5 Å². The molecule has 1 aromatic heterocycles. The van der Waals surface area contributed by atoms with Gasteiger partial charge in [-0.15, -0.1) is 0 Å². The van der Waals surface area contributed by atoms with E-state index in [9.17, 15) is 4.79 Å². The first-order valence-corrected chi connectivity index (χ1v) is 13.6. The summed E-state index contributed by atoms with van der Waals surface area (Å²) in [7, 11) is 0. The van der Waals surface area contributed by atoms with E-state index in [2.05, 4.69) is 40.2 Å². The summed E-state index contributed by atoms with van der Waals surface area (Å²) in [6, 6.07) is 30.4. The lowest BCUT2D eigenvalue weighted by Crippen LogP contribution is -2.28. The molecule has 1 heterocycles. The fourth-order valence-electron chi connectivity index (χ4n) is 4.82. The number of aromatic nitrogens is 2. The number of halogens is 1. The van der Waals surface area contributed by atoms with Crippen molar-refractivity contribution in [2.45, 2.75) is 33.2 Å². The van der Waals surface area contributed by atoms with Crippen LogP contribution in [-0.4, -0.2) is 28.6 Å². The quantitative estimate of drug-likeness (QED) is 0.210. The maximum atomic E-state index is 12.7. The Morgan fingerprint density at radius 1 is 0.897 bits per heavy atom. The van der Waals surface area contributed by atoms with Gasteiger partial charge in [-0.2, -0.15) is 0 Å². The number of rotatable bonds is 10. The number of hydrogen-bond donors (Lipinski definition) is 1. The Bertz CT molecular complexity index is 1550. The van der Waals surface area contributed by atoms with E-state index in [1.54, 1.807) is 0 Å². The molecule has 0 saturated carbocycles. The lowest BCUT2D eigenvalue weighted by atomic mass is 10.0. The number of nitrogens with zero attached hydrogens (tertiary/aromatic N) is 2. The average Bonchev–Trinajstić information content (AvgIpc) is 3.30. The number of imidazole rings is 1. The van der Waals surface area contributed by atoms with Crippen molar-refractivity contribution in [1.29, 1.82) is 0 Å². The molecule has 5 aromatic rings. The highest BCUT2D eigenvalue weighted by Gasteiger charge is 2.12. The highest BCUT2D eigenvalue weighted by Crippen LogP contribution is 2.26. The molecule has 4 aromatic carbocycles.